The molecule has 0 spiro atoms. The normalized spacial score (nSPS) is 16.6. The third-order valence-electron chi connectivity index (χ3n) is 4.04. The molecule has 1 aromatic rings. The number of benzene rings is 1. The van der Waals surface area contributed by atoms with Crippen LogP contribution in [0.25, 0.3) is 0 Å². The number of hydrogen-bond acceptors (Lipinski definition) is 3. The summed E-state index contributed by atoms with van der Waals surface area (Å²) < 4.78 is 28.4. The molecule has 0 aromatic heterocycles. The molecule has 1 aromatic carbocycles. The van der Waals surface area contributed by atoms with Crippen LogP contribution in [-0.2, 0) is 14.8 Å². The zero-order chi connectivity index (χ0) is 17.9. The fourth-order valence-electron chi connectivity index (χ4n) is 2.56. The number of sulfonamides is 1. The van der Waals surface area contributed by atoms with Gasteiger partial charge in [0, 0.05) is 41.5 Å². The van der Waals surface area contributed by atoms with Crippen molar-refractivity contribution in [1.82, 2.24) is 9.21 Å². The predicted octanol–water partition coefficient (Wildman–Crippen LogP) is 3.48. The second-order valence-corrected chi connectivity index (χ2v) is 9.97. The van der Waals surface area contributed by atoms with Gasteiger partial charge in [0.25, 0.3) is 0 Å². The van der Waals surface area contributed by atoms with Crippen LogP contribution in [-0.4, -0.2) is 49.7 Å². The van der Waals surface area contributed by atoms with E-state index in [2.05, 4.69) is 45.7 Å². The van der Waals surface area contributed by atoms with Crippen LogP contribution in [0.3, 0.4) is 0 Å². The first-order valence-electron chi connectivity index (χ1n) is 7.95. The average Bonchev–Trinajstić information content (AvgIpc) is 2.54. The maximum absolute atomic E-state index is 12.8. The lowest BCUT2D eigenvalue weighted by Gasteiger charge is -2.34. The second-order valence-electron chi connectivity index (χ2n) is 6.29. The van der Waals surface area contributed by atoms with Gasteiger partial charge in [-0.15, -0.1) is 0 Å². The Bertz CT molecular complexity index is 699. The van der Waals surface area contributed by atoms with Gasteiger partial charge in [0.1, 0.15) is 0 Å². The molecular formula is C16H22Br2N2O3S. The Morgan fingerprint density at radius 2 is 1.79 bits per heavy atom. The summed E-state index contributed by atoms with van der Waals surface area (Å²) in [4.78, 5) is 14.2. The molecular weight excluding hydrogens is 460 g/mol. The van der Waals surface area contributed by atoms with Gasteiger partial charge in [-0.25, -0.2) is 8.42 Å². The van der Waals surface area contributed by atoms with E-state index in [-0.39, 0.29) is 10.8 Å². The van der Waals surface area contributed by atoms with Gasteiger partial charge in [-0.1, -0.05) is 29.8 Å². The summed E-state index contributed by atoms with van der Waals surface area (Å²) >= 11 is 6.62. The molecule has 8 heteroatoms. The van der Waals surface area contributed by atoms with Gasteiger partial charge in [-0.2, -0.15) is 4.31 Å². The van der Waals surface area contributed by atoms with Crippen LogP contribution in [0.5, 0.6) is 0 Å². The van der Waals surface area contributed by atoms with Crippen LogP contribution in [0.15, 0.2) is 32.0 Å². The van der Waals surface area contributed by atoms with Crippen LogP contribution < -0.4 is 0 Å². The van der Waals surface area contributed by atoms with Crippen molar-refractivity contribution in [1.29, 1.82) is 0 Å². The molecule has 0 aliphatic carbocycles. The molecule has 2 rings (SSSR count). The molecule has 0 radical (unpaired) electrons. The molecule has 0 saturated carbocycles. The molecule has 0 unspecified atom stereocenters. The molecule has 1 saturated heterocycles. The van der Waals surface area contributed by atoms with E-state index in [0.29, 0.717) is 47.5 Å². The highest BCUT2D eigenvalue weighted by atomic mass is 79.9. The van der Waals surface area contributed by atoms with E-state index in [1.807, 2.05) is 0 Å². The van der Waals surface area contributed by atoms with Gasteiger partial charge in [0.05, 0.1) is 4.90 Å². The number of amides is 1. The standard InChI is InChI=1S/C16H22Br2N2O3S/c1-12(2)3-6-16(21)19-7-9-20(10-8-19)24(22,23)15-11-13(17)4-5-14(15)18/h4-5,11-12H,3,6-10H2,1-2H3. The van der Waals surface area contributed by atoms with Crippen molar-refractivity contribution in [3.63, 3.8) is 0 Å². The van der Waals surface area contributed by atoms with Gasteiger partial charge in [0.2, 0.25) is 15.9 Å². The summed E-state index contributed by atoms with van der Waals surface area (Å²) in [6, 6.07) is 5.09. The lowest BCUT2D eigenvalue weighted by atomic mass is 10.1. The van der Waals surface area contributed by atoms with Crippen molar-refractivity contribution in [3.05, 3.63) is 27.1 Å². The highest BCUT2D eigenvalue weighted by Gasteiger charge is 2.31. The van der Waals surface area contributed by atoms with Crippen molar-refractivity contribution in [2.24, 2.45) is 5.92 Å². The first kappa shape index (κ1) is 19.9. The average molecular weight is 482 g/mol. The van der Waals surface area contributed by atoms with E-state index in [1.165, 1.54) is 4.31 Å². The van der Waals surface area contributed by atoms with Gasteiger partial charge >= 0.3 is 0 Å². The van der Waals surface area contributed by atoms with E-state index in [4.69, 9.17) is 0 Å². The Labute approximate surface area is 160 Å². The fraction of sp³-hybridized carbons (Fsp3) is 0.562. The maximum atomic E-state index is 12.8. The Kier molecular flexibility index (Phi) is 6.87. The van der Waals surface area contributed by atoms with Crippen LogP contribution >= 0.6 is 31.9 Å². The summed E-state index contributed by atoms with van der Waals surface area (Å²) in [6.45, 7) is 5.73. The molecule has 1 amide bonds. The maximum Gasteiger partial charge on any atom is 0.244 e. The van der Waals surface area contributed by atoms with Crippen LogP contribution in [0.1, 0.15) is 26.7 Å². The van der Waals surface area contributed by atoms with Crippen molar-refractivity contribution >= 4 is 47.8 Å². The van der Waals surface area contributed by atoms with Crippen molar-refractivity contribution in [3.8, 4) is 0 Å². The molecule has 1 fully saturated rings. The van der Waals surface area contributed by atoms with Crippen molar-refractivity contribution in [2.75, 3.05) is 26.2 Å². The Morgan fingerprint density at radius 1 is 1.17 bits per heavy atom. The third kappa shape index (κ3) is 4.80. The molecule has 0 bridgehead atoms. The number of piperazine rings is 1. The highest BCUT2D eigenvalue weighted by Crippen LogP contribution is 2.28. The molecule has 1 aliphatic rings. The van der Waals surface area contributed by atoms with Crippen LogP contribution in [0.2, 0.25) is 0 Å². The molecule has 1 aliphatic heterocycles. The van der Waals surface area contributed by atoms with E-state index in [0.717, 1.165) is 6.42 Å². The first-order chi connectivity index (χ1) is 11.2. The SMILES string of the molecule is CC(C)CCC(=O)N1CCN(S(=O)(=O)c2cc(Br)ccc2Br)CC1. The summed E-state index contributed by atoms with van der Waals surface area (Å²) in [5.41, 5.74) is 0. The number of carbonyl (C=O) groups is 1. The minimum absolute atomic E-state index is 0.115. The van der Waals surface area contributed by atoms with E-state index < -0.39 is 10.0 Å². The first-order valence-corrected chi connectivity index (χ1v) is 11.0. The predicted molar refractivity (Wildman–Crippen MR) is 101 cm³/mol. The second kappa shape index (κ2) is 8.29. The van der Waals surface area contributed by atoms with Gasteiger partial charge < -0.3 is 4.90 Å². The molecule has 1 heterocycles. The molecule has 5 nitrogen and oxygen atoms in total. The zero-order valence-corrected chi connectivity index (χ0v) is 17.8. The minimum Gasteiger partial charge on any atom is -0.340 e. The summed E-state index contributed by atoms with van der Waals surface area (Å²) in [7, 11) is -3.57. The van der Waals surface area contributed by atoms with E-state index >= 15 is 0 Å². The molecule has 0 atom stereocenters. The quantitative estimate of drug-likeness (QED) is 0.646. The summed E-state index contributed by atoms with van der Waals surface area (Å²) in [6.07, 6.45) is 1.39. The summed E-state index contributed by atoms with van der Waals surface area (Å²) in [5.74, 6) is 0.605. The lowest BCUT2D eigenvalue weighted by molar-refractivity contribution is -0.132. The highest BCUT2D eigenvalue weighted by molar-refractivity contribution is 9.11. The molecule has 0 N–H and O–H groups in total. The van der Waals surface area contributed by atoms with Crippen LogP contribution in [0, 0.1) is 5.92 Å². The number of hydrogen-bond donors (Lipinski definition) is 0. The van der Waals surface area contributed by atoms with E-state index in [1.54, 1.807) is 23.1 Å². The molecule has 24 heavy (non-hydrogen) atoms. The van der Waals surface area contributed by atoms with Gasteiger partial charge in [-0.05, 0) is 46.5 Å². The number of rotatable bonds is 5. The number of nitrogens with zero attached hydrogens (tertiary/aromatic N) is 2. The van der Waals surface area contributed by atoms with Crippen LogP contribution in [0.4, 0.5) is 0 Å². The smallest absolute Gasteiger partial charge is 0.244 e. The van der Waals surface area contributed by atoms with Gasteiger partial charge in [0.15, 0.2) is 0 Å². The lowest BCUT2D eigenvalue weighted by Crippen LogP contribution is -2.50. The monoisotopic (exact) mass is 480 g/mol. The fourth-order valence-corrected chi connectivity index (χ4v) is 5.45. The van der Waals surface area contributed by atoms with E-state index in [9.17, 15) is 13.2 Å². The topological polar surface area (TPSA) is 57.7 Å². The Balaban J connectivity index is 2.03. The molecule has 134 valence electrons. The largest absolute Gasteiger partial charge is 0.340 e. The Morgan fingerprint density at radius 3 is 2.38 bits per heavy atom. The van der Waals surface area contributed by atoms with Crippen molar-refractivity contribution < 1.29 is 13.2 Å². The van der Waals surface area contributed by atoms with Crippen molar-refractivity contribution in [2.45, 2.75) is 31.6 Å². The Hall–Kier alpha value is -0.440. The zero-order valence-electron chi connectivity index (χ0n) is 13.8. The number of halogens is 2. The summed E-state index contributed by atoms with van der Waals surface area (Å²) in [5, 5.41) is 0. The van der Waals surface area contributed by atoms with Gasteiger partial charge in [-0.3, -0.25) is 4.79 Å². The third-order valence-corrected chi connectivity index (χ3v) is 7.42. The minimum atomic E-state index is -3.57. The number of carbonyl (C=O) groups excluding carboxylic acids is 1.